The van der Waals surface area contributed by atoms with Gasteiger partial charge in [-0.2, -0.15) is 0 Å². The molecule has 112 valence electrons. The fourth-order valence-corrected chi connectivity index (χ4v) is 3.22. The number of nitrogens with one attached hydrogen (secondary N) is 1. The number of hydrogen-bond donors (Lipinski definition) is 1. The summed E-state index contributed by atoms with van der Waals surface area (Å²) in [6.45, 7) is 3.95. The van der Waals surface area contributed by atoms with E-state index < -0.39 is 5.37 Å². The predicted molar refractivity (Wildman–Crippen MR) is 90.2 cm³/mol. The van der Waals surface area contributed by atoms with Crippen LogP contribution in [0.4, 0.5) is 16.2 Å². The topological polar surface area (TPSA) is 49.4 Å². The van der Waals surface area contributed by atoms with Gasteiger partial charge in [0.25, 0.3) is 11.1 Å². The van der Waals surface area contributed by atoms with Crippen molar-refractivity contribution >= 4 is 34.3 Å². The van der Waals surface area contributed by atoms with Crippen LogP contribution in [0.5, 0.6) is 0 Å². The second-order valence-electron chi connectivity index (χ2n) is 5.29. The molecule has 0 bridgehead atoms. The van der Waals surface area contributed by atoms with E-state index in [9.17, 15) is 9.59 Å². The van der Waals surface area contributed by atoms with Crippen LogP contribution in [0, 0.1) is 13.8 Å². The van der Waals surface area contributed by atoms with Crippen molar-refractivity contribution in [1.82, 2.24) is 0 Å². The van der Waals surface area contributed by atoms with Crippen LogP contribution in [-0.2, 0) is 4.79 Å². The largest absolute Gasteiger partial charge is 0.365 e. The minimum absolute atomic E-state index is 0.236. The van der Waals surface area contributed by atoms with Crippen LogP contribution < -0.4 is 10.2 Å². The van der Waals surface area contributed by atoms with Crippen molar-refractivity contribution in [2.75, 3.05) is 10.2 Å². The van der Waals surface area contributed by atoms with Crippen molar-refractivity contribution in [3.8, 4) is 0 Å². The summed E-state index contributed by atoms with van der Waals surface area (Å²) >= 11 is 1.01. The molecule has 0 aliphatic carbocycles. The maximum Gasteiger partial charge on any atom is 0.295 e. The highest BCUT2D eigenvalue weighted by atomic mass is 32.2. The summed E-state index contributed by atoms with van der Waals surface area (Å²) in [5.74, 6) is -0.236. The molecule has 0 spiro atoms. The van der Waals surface area contributed by atoms with E-state index in [1.54, 1.807) is 12.1 Å². The van der Waals surface area contributed by atoms with Gasteiger partial charge in [-0.3, -0.25) is 9.59 Å². The van der Waals surface area contributed by atoms with Crippen molar-refractivity contribution in [3.63, 3.8) is 0 Å². The lowest BCUT2D eigenvalue weighted by Crippen LogP contribution is -2.34. The van der Waals surface area contributed by atoms with E-state index in [2.05, 4.69) is 5.32 Å². The molecule has 1 N–H and O–H groups in total. The highest BCUT2D eigenvalue weighted by Gasteiger charge is 2.40. The van der Waals surface area contributed by atoms with Crippen molar-refractivity contribution in [3.05, 3.63) is 59.7 Å². The summed E-state index contributed by atoms with van der Waals surface area (Å²) in [6.07, 6.45) is 0. The van der Waals surface area contributed by atoms with Crippen LogP contribution >= 0.6 is 11.8 Å². The molecule has 1 aliphatic rings. The highest BCUT2D eigenvalue weighted by Crippen LogP contribution is 2.32. The van der Waals surface area contributed by atoms with Gasteiger partial charge in [0.05, 0.1) is 5.69 Å². The van der Waals surface area contributed by atoms with E-state index in [-0.39, 0.29) is 11.1 Å². The van der Waals surface area contributed by atoms with Gasteiger partial charge < -0.3 is 5.32 Å². The average Bonchev–Trinajstić information content (AvgIpc) is 2.75. The quantitative estimate of drug-likeness (QED) is 0.932. The Morgan fingerprint density at radius 2 is 1.73 bits per heavy atom. The predicted octanol–water partition coefficient (Wildman–Crippen LogP) is 3.94. The van der Waals surface area contributed by atoms with Gasteiger partial charge in [0.15, 0.2) is 5.37 Å². The first-order chi connectivity index (χ1) is 10.5. The summed E-state index contributed by atoms with van der Waals surface area (Å²) in [5.41, 5.74) is 3.64. The van der Waals surface area contributed by atoms with Crippen molar-refractivity contribution in [1.29, 1.82) is 0 Å². The van der Waals surface area contributed by atoms with Gasteiger partial charge in [0.2, 0.25) is 0 Å². The number of imide groups is 1. The number of benzene rings is 2. The third-order valence-corrected chi connectivity index (χ3v) is 4.39. The van der Waals surface area contributed by atoms with E-state index >= 15 is 0 Å². The monoisotopic (exact) mass is 312 g/mol. The number of amides is 2. The first-order valence-electron chi connectivity index (χ1n) is 6.99. The Labute approximate surface area is 133 Å². The molecule has 0 saturated carbocycles. The summed E-state index contributed by atoms with van der Waals surface area (Å²) in [4.78, 5) is 25.9. The molecule has 22 heavy (non-hydrogen) atoms. The first kappa shape index (κ1) is 14.7. The molecule has 2 aromatic rings. The fourth-order valence-electron chi connectivity index (χ4n) is 2.32. The van der Waals surface area contributed by atoms with Crippen molar-refractivity contribution in [2.45, 2.75) is 19.2 Å². The Hall–Kier alpha value is -2.27. The summed E-state index contributed by atoms with van der Waals surface area (Å²) in [5, 5.41) is 2.29. The van der Waals surface area contributed by atoms with Crippen molar-refractivity contribution < 1.29 is 9.59 Å². The Morgan fingerprint density at radius 1 is 1.00 bits per heavy atom. The molecular formula is C17H16N2O2S. The Kier molecular flexibility index (Phi) is 3.90. The number of anilines is 2. The highest BCUT2D eigenvalue weighted by molar-refractivity contribution is 8.16. The van der Waals surface area contributed by atoms with Gasteiger partial charge in [0, 0.05) is 5.69 Å². The number of carbonyl (C=O) groups excluding carboxylic acids is 2. The van der Waals surface area contributed by atoms with Crippen LogP contribution in [0.25, 0.3) is 0 Å². The molecule has 4 nitrogen and oxygen atoms in total. The number of rotatable bonds is 3. The van der Waals surface area contributed by atoms with E-state index in [1.807, 2.05) is 50.2 Å². The molecule has 5 heteroatoms. The molecule has 0 unspecified atom stereocenters. The fraction of sp³-hybridized carbons (Fsp3) is 0.176. The first-order valence-corrected chi connectivity index (χ1v) is 7.87. The van der Waals surface area contributed by atoms with Crippen molar-refractivity contribution in [2.24, 2.45) is 0 Å². The van der Waals surface area contributed by atoms with Crippen LogP contribution in [0.3, 0.4) is 0 Å². The standard InChI is InChI=1S/C17H16N2O2S/c1-11-6-8-14(9-7-11)19-16(20)15(22-17(19)21)18-13-5-3-4-12(2)10-13/h3-10,15,18H,1-2H3/t15-/m0/s1. The van der Waals surface area contributed by atoms with Gasteiger partial charge in [-0.1, -0.05) is 29.8 Å². The van der Waals surface area contributed by atoms with Crippen LogP contribution in [-0.4, -0.2) is 16.5 Å². The van der Waals surface area contributed by atoms with E-state index in [4.69, 9.17) is 0 Å². The summed E-state index contributed by atoms with van der Waals surface area (Å²) < 4.78 is 0. The molecular weight excluding hydrogens is 296 g/mol. The van der Waals surface area contributed by atoms with Gasteiger partial charge >= 0.3 is 0 Å². The second-order valence-corrected chi connectivity index (χ2v) is 6.34. The van der Waals surface area contributed by atoms with Gasteiger partial charge in [-0.25, -0.2) is 4.90 Å². The molecule has 1 saturated heterocycles. The molecule has 1 aliphatic heterocycles. The minimum atomic E-state index is -0.587. The normalized spacial score (nSPS) is 17.9. The molecule has 1 fully saturated rings. The van der Waals surface area contributed by atoms with E-state index in [0.29, 0.717) is 5.69 Å². The molecule has 0 aromatic heterocycles. The molecule has 1 heterocycles. The maximum atomic E-state index is 12.5. The van der Waals surface area contributed by atoms with Crippen LogP contribution in [0.1, 0.15) is 11.1 Å². The second kappa shape index (κ2) is 5.85. The smallest absolute Gasteiger partial charge is 0.295 e. The lowest BCUT2D eigenvalue weighted by atomic mass is 10.2. The molecule has 3 rings (SSSR count). The van der Waals surface area contributed by atoms with Crippen LogP contribution in [0.2, 0.25) is 0 Å². The SMILES string of the molecule is Cc1ccc(N2C(=O)S[C@H](Nc3cccc(C)c3)C2=O)cc1. The number of thioether (sulfide) groups is 1. The average molecular weight is 312 g/mol. The lowest BCUT2D eigenvalue weighted by Gasteiger charge is -2.15. The molecule has 2 amide bonds. The third kappa shape index (κ3) is 2.85. The zero-order valence-corrected chi connectivity index (χ0v) is 13.2. The molecule has 2 aromatic carbocycles. The summed E-state index contributed by atoms with van der Waals surface area (Å²) in [7, 11) is 0. The van der Waals surface area contributed by atoms with Gasteiger partial charge in [0.1, 0.15) is 0 Å². The zero-order valence-electron chi connectivity index (χ0n) is 12.4. The Morgan fingerprint density at radius 3 is 2.41 bits per heavy atom. The number of carbonyl (C=O) groups is 2. The van der Waals surface area contributed by atoms with E-state index in [1.165, 1.54) is 4.90 Å². The van der Waals surface area contributed by atoms with E-state index in [0.717, 1.165) is 28.6 Å². The third-order valence-electron chi connectivity index (χ3n) is 3.45. The molecule has 1 atom stereocenters. The molecule has 0 radical (unpaired) electrons. The van der Waals surface area contributed by atoms with Gasteiger partial charge in [-0.15, -0.1) is 0 Å². The maximum absolute atomic E-state index is 12.5. The van der Waals surface area contributed by atoms with Gasteiger partial charge in [-0.05, 0) is 55.4 Å². The lowest BCUT2D eigenvalue weighted by molar-refractivity contribution is -0.116. The summed E-state index contributed by atoms with van der Waals surface area (Å²) in [6, 6.07) is 15.1. The number of nitrogens with zero attached hydrogens (tertiary/aromatic N) is 1. The van der Waals surface area contributed by atoms with Crippen LogP contribution in [0.15, 0.2) is 48.5 Å². The zero-order chi connectivity index (χ0) is 15.7. The Bertz CT molecular complexity index is 728. The number of aryl methyl sites for hydroxylation is 2. The minimum Gasteiger partial charge on any atom is -0.365 e. The number of hydrogen-bond acceptors (Lipinski definition) is 4. The Balaban J connectivity index is 1.81.